The van der Waals surface area contributed by atoms with Gasteiger partial charge in [-0.05, 0) is 25.0 Å². The van der Waals surface area contributed by atoms with Crippen molar-refractivity contribution in [3.05, 3.63) is 95.1 Å². The number of hydrogen-bond acceptors (Lipinski definition) is 4. The first-order valence-corrected chi connectivity index (χ1v) is 9.53. The molecular formula is C24H24O4. The van der Waals surface area contributed by atoms with Gasteiger partial charge in [-0.1, -0.05) is 72.8 Å². The van der Waals surface area contributed by atoms with Crippen LogP contribution in [0.25, 0.3) is 0 Å². The summed E-state index contributed by atoms with van der Waals surface area (Å²) in [5.74, 6) is -1.69. The second-order valence-electron chi connectivity index (χ2n) is 6.43. The maximum atomic E-state index is 13.0. The Kier molecular flexibility index (Phi) is 6.43. The Morgan fingerprint density at radius 3 is 1.36 bits per heavy atom. The highest BCUT2D eigenvalue weighted by Gasteiger charge is 2.36. The van der Waals surface area contributed by atoms with Gasteiger partial charge in [0.2, 0.25) is 0 Å². The Bertz CT molecular complexity index is 808. The summed E-state index contributed by atoms with van der Waals surface area (Å²) in [6.07, 6.45) is 3.95. The van der Waals surface area contributed by atoms with E-state index < -0.39 is 11.9 Å². The van der Waals surface area contributed by atoms with Crippen molar-refractivity contribution in [2.75, 3.05) is 13.2 Å². The van der Waals surface area contributed by atoms with Gasteiger partial charge in [0.15, 0.2) is 0 Å². The monoisotopic (exact) mass is 376 g/mol. The van der Waals surface area contributed by atoms with Crippen LogP contribution < -0.4 is 0 Å². The van der Waals surface area contributed by atoms with Crippen LogP contribution in [-0.4, -0.2) is 25.2 Å². The van der Waals surface area contributed by atoms with Crippen LogP contribution in [0.4, 0.5) is 0 Å². The van der Waals surface area contributed by atoms with Gasteiger partial charge in [0.1, 0.15) is 0 Å². The molecule has 0 N–H and O–H groups in total. The number of esters is 2. The van der Waals surface area contributed by atoms with Crippen LogP contribution in [0.15, 0.2) is 84.0 Å². The number of carbonyl (C=O) groups excluding carboxylic acids is 2. The number of carbonyl (C=O) groups is 2. The SMILES string of the molecule is CCOC(=O)C1=C(C(=O)OCC)C(c2ccccc2)C=CC1c1ccccc1. The van der Waals surface area contributed by atoms with Crippen LogP contribution in [0.5, 0.6) is 0 Å². The molecule has 0 spiro atoms. The second-order valence-corrected chi connectivity index (χ2v) is 6.43. The van der Waals surface area contributed by atoms with Gasteiger partial charge in [-0.15, -0.1) is 0 Å². The lowest BCUT2D eigenvalue weighted by atomic mass is 9.76. The number of benzene rings is 2. The van der Waals surface area contributed by atoms with E-state index in [1.165, 1.54) is 0 Å². The van der Waals surface area contributed by atoms with Gasteiger partial charge in [0.25, 0.3) is 0 Å². The van der Waals surface area contributed by atoms with E-state index in [0.29, 0.717) is 11.1 Å². The maximum absolute atomic E-state index is 13.0. The summed E-state index contributed by atoms with van der Waals surface area (Å²) in [6.45, 7) is 3.99. The molecule has 0 fully saturated rings. The Hall–Kier alpha value is -3.14. The predicted octanol–water partition coefficient (Wildman–Crippen LogP) is 4.55. The molecule has 28 heavy (non-hydrogen) atoms. The lowest BCUT2D eigenvalue weighted by Gasteiger charge is -2.28. The smallest absolute Gasteiger partial charge is 0.335 e. The van der Waals surface area contributed by atoms with Crippen molar-refractivity contribution in [1.82, 2.24) is 0 Å². The maximum Gasteiger partial charge on any atom is 0.335 e. The van der Waals surface area contributed by atoms with Crippen LogP contribution in [0.1, 0.15) is 36.8 Å². The van der Waals surface area contributed by atoms with Crippen molar-refractivity contribution in [1.29, 1.82) is 0 Å². The van der Waals surface area contributed by atoms with Gasteiger partial charge in [-0.25, -0.2) is 9.59 Å². The molecule has 0 aliphatic heterocycles. The van der Waals surface area contributed by atoms with Gasteiger partial charge in [-0.3, -0.25) is 0 Å². The van der Waals surface area contributed by atoms with Crippen LogP contribution in [0.2, 0.25) is 0 Å². The summed E-state index contributed by atoms with van der Waals surface area (Å²) in [7, 11) is 0. The fraction of sp³-hybridized carbons (Fsp3) is 0.250. The number of hydrogen-bond donors (Lipinski definition) is 0. The fourth-order valence-electron chi connectivity index (χ4n) is 3.52. The molecule has 4 heteroatoms. The van der Waals surface area contributed by atoms with Crippen LogP contribution in [-0.2, 0) is 19.1 Å². The average molecular weight is 376 g/mol. The topological polar surface area (TPSA) is 52.6 Å². The Labute approximate surface area is 165 Å². The Morgan fingerprint density at radius 1 is 0.679 bits per heavy atom. The molecule has 2 atom stereocenters. The molecule has 144 valence electrons. The molecule has 3 rings (SSSR count). The molecule has 4 nitrogen and oxygen atoms in total. The minimum absolute atomic E-state index is 0.236. The van der Waals surface area contributed by atoms with Crippen molar-refractivity contribution in [2.45, 2.75) is 25.7 Å². The van der Waals surface area contributed by atoms with Crippen molar-refractivity contribution in [3.63, 3.8) is 0 Å². The van der Waals surface area contributed by atoms with E-state index in [2.05, 4.69) is 0 Å². The standard InChI is InChI=1S/C24H24O4/c1-3-27-23(25)21-19(17-11-7-5-8-12-17)15-16-20(18-13-9-6-10-14-18)22(21)24(26)28-4-2/h5-16,19-20H,3-4H2,1-2H3. The molecule has 0 saturated carbocycles. The highest BCUT2D eigenvalue weighted by atomic mass is 16.5. The number of rotatable bonds is 6. The van der Waals surface area contributed by atoms with E-state index in [-0.39, 0.29) is 25.0 Å². The van der Waals surface area contributed by atoms with Crippen LogP contribution >= 0.6 is 0 Å². The molecule has 1 aliphatic carbocycles. The fourth-order valence-corrected chi connectivity index (χ4v) is 3.52. The highest BCUT2D eigenvalue weighted by molar-refractivity contribution is 6.03. The third-order valence-corrected chi connectivity index (χ3v) is 4.72. The molecule has 2 unspecified atom stereocenters. The molecule has 0 bridgehead atoms. The molecule has 2 aromatic rings. The molecule has 1 aliphatic rings. The molecule has 2 aromatic carbocycles. The summed E-state index contributed by atoms with van der Waals surface area (Å²) >= 11 is 0. The van der Waals surface area contributed by atoms with Crippen LogP contribution in [0, 0.1) is 0 Å². The molecule has 0 amide bonds. The van der Waals surface area contributed by atoms with E-state index in [0.717, 1.165) is 11.1 Å². The molecule has 0 radical (unpaired) electrons. The van der Waals surface area contributed by atoms with Crippen molar-refractivity contribution in [2.24, 2.45) is 0 Å². The Balaban J connectivity index is 2.19. The second kappa shape index (κ2) is 9.18. The summed E-state index contributed by atoms with van der Waals surface area (Å²) in [5, 5.41) is 0. The third kappa shape index (κ3) is 4.06. The van der Waals surface area contributed by atoms with Gasteiger partial charge in [0, 0.05) is 11.8 Å². The van der Waals surface area contributed by atoms with E-state index in [4.69, 9.17) is 9.47 Å². The molecule has 0 saturated heterocycles. The van der Waals surface area contributed by atoms with Gasteiger partial charge in [0.05, 0.1) is 24.4 Å². The lowest BCUT2D eigenvalue weighted by molar-refractivity contribution is -0.142. The van der Waals surface area contributed by atoms with Crippen molar-refractivity contribution in [3.8, 4) is 0 Å². The zero-order chi connectivity index (χ0) is 19.9. The number of ether oxygens (including phenoxy) is 2. The van der Waals surface area contributed by atoms with E-state index in [9.17, 15) is 9.59 Å². The van der Waals surface area contributed by atoms with Crippen LogP contribution in [0.3, 0.4) is 0 Å². The summed E-state index contributed by atoms with van der Waals surface area (Å²) in [5.41, 5.74) is 2.55. The molecule has 0 aromatic heterocycles. The Morgan fingerprint density at radius 2 is 1.04 bits per heavy atom. The predicted molar refractivity (Wildman–Crippen MR) is 108 cm³/mol. The lowest BCUT2D eigenvalue weighted by Crippen LogP contribution is -2.26. The zero-order valence-corrected chi connectivity index (χ0v) is 16.1. The first kappa shape index (κ1) is 19.6. The summed E-state index contributed by atoms with van der Waals surface area (Å²) in [6, 6.07) is 19.3. The highest BCUT2D eigenvalue weighted by Crippen LogP contribution is 2.41. The minimum atomic E-state index is -0.482. The normalized spacial score (nSPS) is 18.6. The van der Waals surface area contributed by atoms with Gasteiger partial charge >= 0.3 is 11.9 Å². The zero-order valence-electron chi connectivity index (χ0n) is 16.1. The van der Waals surface area contributed by atoms with Crippen molar-refractivity contribution >= 4 is 11.9 Å². The number of allylic oxidation sites excluding steroid dienone is 2. The molecular weight excluding hydrogens is 352 g/mol. The van der Waals surface area contributed by atoms with E-state index >= 15 is 0 Å². The molecule has 0 heterocycles. The van der Waals surface area contributed by atoms with E-state index in [1.807, 2.05) is 72.8 Å². The van der Waals surface area contributed by atoms with E-state index in [1.54, 1.807) is 13.8 Å². The quantitative estimate of drug-likeness (QED) is 0.548. The van der Waals surface area contributed by atoms with Crippen molar-refractivity contribution < 1.29 is 19.1 Å². The minimum Gasteiger partial charge on any atom is -0.463 e. The van der Waals surface area contributed by atoms with Gasteiger partial charge < -0.3 is 9.47 Å². The summed E-state index contributed by atoms with van der Waals surface area (Å²) in [4.78, 5) is 25.9. The summed E-state index contributed by atoms with van der Waals surface area (Å²) < 4.78 is 10.7. The first-order valence-electron chi connectivity index (χ1n) is 9.53. The largest absolute Gasteiger partial charge is 0.463 e. The third-order valence-electron chi connectivity index (χ3n) is 4.72. The van der Waals surface area contributed by atoms with Gasteiger partial charge in [-0.2, -0.15) is 0 Å². The first-order chi connectivity index (χ1) is 13.7. The average Bonchev–Trinajstić information content (AvgIpc) is 2.74.